The third kappa shape index (κ3) is 1.42. The highest BCUT2D eigenvalue weighted by Crippen LogP contribution is 2.40. The average molecular weight is 220 g/mol. The molecule has 15 heavy (non-hydrogen) atoms. The summed E-state index contributed by atoms with van der Waals surface area (Å²) in [6.45, 7) is 0. The third-order valence-electron chi connectivity index (χ3n) is 3.69. The second kappa shape index (κ2) is 3.36. The number of benzene rings is 1. The maximum absolute atomic E-state index is 6.25. The number of hydrogen-bond donors (Lipinski definition) is 1. The molecule has 0 aliphatic heterocycles. The second-order valence-corrected chi connectivity index (χ2v) is 5.00. The molecule has 0 aromatic heterocycles. The van der Waals surface area contributed by atoms with E-state index in [9.17, 15) is 0 Å². The Morgan fingerprint density at radius 2 is 2.20 bits per heavy atom. The molecule has 1 aromatic rings. The lowest BCUT2D eigenvalue weighted by Crippen LogP contribution is -2.42. The van der Waals surface area contributed by atoms with Crippen LogP contribution in [0.25, 0.3) is 0 Å². The van der Waals surface area contributed by atoms with Crippen molar-refractivity contribution >= 4 is 11.6 Å². The maximum Gasteiger partial charge on any atom is 0.0408 e. The lowest BCUT2D eigenvalue weighted by molar-refractivity contribution is 0.377. The highest BCUT2D eigenvalue weighted by molar-refractivity contribution is 6.30. The average Bonchev–Trinajstić information content (AvgIpc) is 2.19. The molecule has 0 heterocycles. The quantitative estimate of drug-likeness (QED) is 0.668. The molecule has 0 radical (unpaired) electrons. The molecule has 0 saturated heterocycles. The molecule has 0 spiro atoms. The van der Waals surface area contributed by atoms with Crippen LogP contribution in [0.15, 0.2) is 30.4 Å². The predicted molar refractivity (Wildman–Crippen MR) is 63.1 cm³/mol. The van der Waals surface area contributed by atoms with Gasteiger partial charge in [-0.3, -0.25) is 0 Å². The number of fused-ring (bicyclic) bond motifs is 4. The summed E-state index contributed by atoms with van der Waals surface area (Å²) in [6, 6.07) is 6.52. The van der Waals surface area contributed by atoms with Crippen molar-refractivity contribution < 1.29 is 0 Å². The van der Waals surface area contributed by atoms with Gasteiger partial charge in [0, 0.05) is 17.0 Å². The first-order valence-corrected chi connectivity index (χ1v) is 5.84. The largest absolute Gasteiger partial charge is 0.327 e. The standard InChI is InChI=1S/C13H14ClN/c14-10-4-5-11-9(7-10)6-8-2-1-3-12(11)13(8)15/h1-2,4-5,7-8,12-13H,3,6,15H2/t8-,12+,13-/m0/s1. The normalized spacial score (nSPS) is 32.5. The summed E-state index contributed by atoms with van der Waals surface area (Å²) in [5, 5.41) is 0.839. The zero-order valence-electron chi connectivity index (χ0n) is 8.49. The molecule has 3 atom stereocenters. The molecular formula is C13H14ClN. The van der Waals surface area contributed by atoms with E-state index in [1.165, 1.54) is 11.1 Å². The molecule has 2 aliphatic rings. The Morgan fingerprint density at radius 1 is 1.33 bits per heavy atom. The molecule has 1 aromatic carbocycles. The van der Waals surface area contributed by atoms with Crippen molar-refractivity contribution in [3.8, 4) is 0 Å². The lowest BCUT2D eigenvalue weighted by Gasteiger charge is -2.38. The summed E-state index contributed by atoms with van der Waals surface area (Å²) in [7, 11) is 0. The van der Waals surface area contributed by atoms with Crippen LogP contribution in [-0.2, 0) is 6.42 Å². The van der Waals surface area contributed by atoms with Crippen LogP contribution in [0.2, 0.25) is 5.02 Å². The Balaban J connectivity index is 2.12. The number of allylic oxidation sites excluding steroid dienone is 1. The number of nitrogens with two attached hydrogens (primary N) is 1. The van der Waals surface area contributed by atoms with Crippen LogP contribution >= 0.6 is 11.6 Å². The van der Waals surface area contributed by atoms with Gasteiger partial charge in [-0.05, 0) is 42.0 Å². The van der Waals surface area contributed by atoms with Crippen molar-refractivity contribution in [2.24, 2.45) is 11.7 Å². The van der Waals surface area contributed by atoms with Gasteiger partial charge in [0.1, 0.15) is 0 Å². The van der Waals surface area contributed by atoms with E-state index in [0.29, 0.717) is 17.9 Å². The van der Waals surface area contributed by atoms with Gasteiger partial charge in [0.15, 0.2) is 0 Å². The van der Waals surface area contributed by atoms with Gasteiger partial charge in [0.2, 0.25) is 0 Å². The van der Waals surface area contributed by atoms with E-state index in [2.05, 4.69) is 24.3 Å². The fourth-order valence-electron chi connectivity index (χ4n) is 2.89. The van der Waals surface area contributed by atoms with E-state index in [-0.39, 0.29) is 0 Å². The van der Waals surface area contributed by atoms with Gasteiger partial charge in [-0.2, -0.15) is 0 Å². The van der Waals surface area contributed by atoms with Crippen LogP contribution in [0.3, 0.4) is 0 Å². The monoisotopic (exact) mass is 219 g/mol. The summed E-state index contributed by atoms with van der Waals surface area (Å²) in [4.78, 5) is 0. The van der Waals surface area contributed by atoms with Crippen molar-refractivity contribution in [2.45, 2.75) is 24.8 Å². The van der Waals surface area contributed by atoms with Crippen LogP contribution in [-0.4, -0.2) is 6.04 Å². The Morgan fingerprint density at radius 3 is 3.07 bits per heavy atom. The van der Waals surface area contributed by atoms with Gasteiger partial charge >= 0.3 is 0 Å². The fourth-order valence-corrected chi connectivity index (χ4v) is 3.08. The number of hydrogen-bond acceptors (Lipinski definition) is 1. The molecule has 2 N–H and O–H groups in total. The van der Waals surface area contributed by atoms with Gasteiger partial charge in [-0.25, -0.2) is 0 Å². The van der Waals surface area contributed by atoms with Crippen molar-refractivity contribution in [2.75, 3.05) is 0 Å². The summed E-state index contributed by atoms with van der Waals surface area (Å²) < 4.78 is 0. The molecule has 3 rings (SSSR count). The molecular weight excluding hydrogens is 206 g/mol. The smallest absolute Gasteiger partial charge is 0.0408 e. The zero-order chi connectivity index (χ0) is 10.4. The van der Waals surface area contributed by atoms with Crippen LogP contribution < -0.4 is 5.73 Å². The van der Waals surface area contributed by atoms with Crippen molar-refractivity contribution in [3.05, 3.63) is 46.5 Å². The van der Waals surface area contributed by atoms with Gasteiger partial charge in [0.25, 0.3) is 0 Å². The predicted octanol–water partition coefficient (Wildman–Crippen LogP) is 2.88. The van der Waals surface area contributed by atoms with E-state index in [0.717, 1.165) is 17.9 Å². The minimum Gasteiger partial charge on any atom is -0.327 e. The first-order chi connectivity index (χ1) is 7.25. The molecule has 2 aliphatic carbocycles. The van der Waals surface area contributed by atoms with Gasteiger partial charge < -0.3 is 5.73 Å². The molecule has 0 fully saturated rings. The van der Waals surface area contributed by atoms with Gasteiger partial charge in [0.05, 0.1) is 0 Å². The van der Waals surface area contributed by atoms with Crippen LogP contribution in [0.4, 0.5) is 0 Å². The molecule has 78 valence electrons. The minimum absolute atomic E-state index is 0.295. The van der Waals surface area contributed by atoms with Gasteiger partial charge in [-0.15, -0.1) is 0 Å². The summed E-state index contributed by atoms with van der Waals surface area (Å²) in [5.41, 5.74) is 9.05. The molecule has 0 amide bonds. The van der Waals surface area contributed by atoms with E-state index < -0.39 is 0 Å². The van der Waals surface area contributed by atoms with E-state index in [1.54, 1.807) is 0 Å². The fraction of sp³-hybridized carbons (Fsp3) is 0.385. The molecule has 2 bridgehead atoms. The highest BCUT2D eigenvalue weighted by atomic mass is 35.5. The zero-order valence-corrected chi connectivity index (χ0v) is 9.24. The lowest BCUT2D eigenvalue weighted by atomic mass is 9.69. The topological polar surface area (TPSA) is 26.0 Å². The van der Waals surface area contributed by atoms with Crippen molar-refractivity contribution in [3.63, 3.8) is 0 Å². The molecule has 0 saturated carbocycles. The number of halogens is 1. The minimum atomic E-state index is 0.295. The van der Waals surface area contributed by atoms with Crippen LogP contribution in [0, 0.1) is 5.92 Å². The SMILES string of the molecule is N[C@@H]1[C@@H]2CC=C[C@H]1Cc1cc(Cl)ccc12. The van der Waals surface area contributed by atoms with E-state index in [4.69, 9.17) is 17.3 Å². The van der Waals surface area contributed by atoms with E-state index in [1.807, 2.05) is 6.07 Å². The Bertz CT molecular complexity index is 425. The molecule has 0 unspecified atom stereocenters. The first-order valence-electron chi connectivity index (χ1n) is 5.46. The summed E-state index contributed by atoms with van der Waals surface area (Å²) >= 11 is 6.02. The summed E-state index contributed by atoms with van der Waals surface area (Å²) in [5.74, 6) is 1.01. The van der Waals surface area contributed by atoms with Crippen molar-refractivity contribution in [1.29, 1.82) is 0 Å². The maximum atomic E-state index is 6.25. The Kier molecular flexibility index (Phi) is 2.11. The Labute approximate surface area is 94.9 Å². The summed E-state index contributed by atoms with van der Waals surface area (Å²) in [6.07, 6.45) is 6.66. The molecule has 2 heteroatoms. The van der Waals surface area contributed by atoms with Crippen LogP contribution in [0.1, 0.15) is 23.5 Å². The van der Waals surface area contributed by atoms with Gasteiger partial charge in [-0.1, -0.05) is 29.8 Å². The van der Waals surface area contributed by atoms with E-state index >= 15 is 0 Å². The third-order valence-corrected chi connectivity index (χ3v) is 3.93. The van der Waals surface area contributed by atoms with Crippen LogP contribution in [0.5, 0.6) is 0 Å². The highest BCUT2D eigenvalue weighted by Gasteiger charge is 2.34. The number of rotatable bonds is 0. The second-order valence-electron chi connectivity index (χ2n) is 4.56. The first kappa shape index (κ1) is 9.44. The Hall–Kier alpha value is -0.790. The van der Waals surface area contributed by atoms with Crippen molar-refractivity contribution in [1.82, 2.24) is 0 Å². The molecule has 1 nitrogen and oxygen atoms in total.